The third-order valence-electron chi connectivity index (χ3n) is 3.98. The lowest BCUT2D eigenvalue weighted by Gasteiger charge is -2.17. The molecular weight excluding hydrogens is 262 g/mol. The van der Waals surface area contributed by atoms with Crippen LogP contribution >= 0.6 is 0 Å². The van der Waals surface area contributed by atoms with Gasteiger partial charge in [-0.25, -0.2) is 0 Å². The third kappa shape index (κ3) is 3.67. The van der Waals surface area contributed by atoms with Crippen LogP contribution in [0, 0.1) is 13.8 Å². The Morgan fingerprint density at radius 3 is 2.71 bits per heavy atom. The maximum Gasteiger partial charge on any atom is 0.0648 e. The van der Waals surface area contributed by atoms with Gasteiger partial charge in [0.2, 0.25) is 0 Å². The number of nitrogens with one attached hydrogen (secondary N) is 1. The first-order chi connectivity index (χ1) is 10.0. The van der Waals surface area contributed by atoms with Crippen LogP contribution in [0.1, 0.15) is 55.0 Å². The smallest absolute Gasteiger partial charge is 0.0648 e. The van der Waals surface area contributed by atoms with Gasteiger partial charge in [-0.3, -0.25) is 4.68 Å². The molecule has 2 aromatic heterocycles. The Hall–Kier alpha value is -1.75. The molecule has 2 unspecified atom stereocenters. The fraction of sp³-hybridized carbons (Fsp3) is 0.562. The van der Waals surface area contributed by atoms with E-state index in [1.165, 1.54) is 5.56 Å². The summed E-state index contributed by atoms with van der Waals surface area (Å²) in [7, 11) is 1.98. The molecule has 0 saturated heterocycles. The average Bonchev–Trinajstić information content (AvgIpc) is 2.95. The summed E-state index contributed by atoms with van der Waals surface area (Å²) >= 11 is 0. The van der Waals surface area contributed by atoms with Crippen molar-refractivity contribution in [1.29, 1.82) is 0 Å². The van der Waals surface area contributed by atoms with Gasteiger partial charge < -0.3 is 5.32 Å². The lowest BCUT2D eigenvalue weighted by atomic mass is 10.0. The fourth-order valence-electron chi connectivity index (χ4n) is 2.42. The molecule has 0 aliphatic rings. The first-order valence-corrected chi connectivity index (χ1v) is 7.57. The highest BCUT2D eigenvalue weighted by atomic mass is 15.3. The predicted molar refractivity (Wildman–Crippen MR) is 84.2 cm³/mol. The van der Waals surface area contributed by atoms with Crippen molar-refractivity contribution in [2.24, 2.45) is 0 Å². The fourth-order valence-corrected chi connectivity index (χ4v) is 2.42. The summed E-state index contributed by atoms with van der Waals surface area (Å²) in [6.07, 6.45) is 4.01. The van der Waals surface area contributed by atoms with Gasteiger partial charge in [-0.2, -0.15) is 15.3 Å². The minimum Gasteiger partial charge on any atom is -0.313 e. The quantitative estimate of drug-likeness (QED) is 0.887. The van der Waals surface area contributed by atoms with Crippen molar-refractivity contribution in [2.45, 2.75) is 52.6 Å². The molecule has 5 nitrogen and oxygen atoms in total. The second kappa shape index (κ2) is 6.80. The van der Waals surface area contributed by atoms with Crippen molar-refractivity contribution in [2.75, 3.05) is 7.05 Å². The zero-order chi connectivity index (χ0) is 15.4. The molecule has 2 atom stereocenters. The van der Waals surface area contributed by atoms with E-state index in [0.29, 0.717) is 6.04 Å². The van der Waals surface area contributed by atoms with Gasteiger partial charge in [0.25, 0.3) is 0 Å². The van der Waals surface area contributed by atoms with Crippen molar-refractivity contribution in [1.82, 2.24) is 25.3 Å². The first-order valence-electron chi connectivity index (χ1n) is 7.57. The largest absolute Gasteiger partial charge is 0.313 e. The van der Waals surface area contributed by atoms with Crippen LogP contribution in [0.15, 0.2) is 18.3 Å². The predicted octanol–water partition coefficient (Wildman–Crippen LogP) is 2.76. The van der Waals surface area contributed by atoms with Crippen LogP contribution in [0.5, 0.6) is 0 Å². The summed E-state index contributed by atoms with van der Waals surface area (Å²) in [6, 6.07) is 4.86. The molecule has 0 bridgehead atoms. The van der Waals surface area contributed by atoms with Crippen molar-refractivity contribution < 1.29 is 0 Å². The minimum atomic E-state index is 0.208. The monoisotopic (exact) mass is 287 g/mol. The topological polar surface area (TPSA) is 55.6 Å². The highest BCUT2D eigenvalue weighted by molar-refractivity contribution is 5.25. The van der Waals surface area contributed by atoms with E-state index in [2.05, 4.69) is 52.8 Å². The zero-order valence-electron chi connectivity index (χ0n) is 13.6. The van der Waals surface area contributed by atoms with Gasteiger partial charge in [0.05, 0.1) is 17.1 Å². The first kappa shape index (κ1) is 15.6. The van der Waals surface area contributed by atoms with Gasteiger partial charge in [-0.15, -0.1) is 0 Å². The summed E-state index contributed by atoms with van der Waals surface area (Å²) < 4.78 is 2.05. The van der Waals surface area contributed by atoms with Crippen LogP contribution in [-0.4, -0.2) is 27.0 Å². The summed E-state index contributed by atoms with van der Waals surface area (Å²) in [5, 5.41) is 16.4. The second-order valence-corrected chi connectivity index (χ2v) is 5.62. The van der Waals surface area contributed by atoms with Crippen molar-refractivity contribution in [3.8, 4) is 0 Å². The van der Waals surface area contributed by atoms with E-state index in [1.807, 2.05) is 25.6 Å². The van der Waals surface area contributed by atoms with Crippen LogP contribution in [0.25, 0.3) is 0 Å². The van der Waals surface area contributed by atoms with E-state index >= 15 is 0 Å². The van der Waals surface area contributed by atoms with Gasteiger partial charge in [0, 0.05) is 24.7 Å². The molecule has 2 rings (SSSR count). The Kier molecular flexibility index (Phi) is 5.07. The van der Waals surface area contributed by atoms with E-state index < -0.39 is 0 Å². The van der Waals surface area contributed by atoms with Gasteiger partial charge in [0.15, 0.2) is 0 Å². The summed E-state index contributed by atoms with van der Waals surface area (Å²) in [6.45, 7) is 8.34. The molecule has 0 aromatic carbocycles. The van der Waals surface area contributed by atoms with Crippen LogP contribution in [-0.2, 0) is 6.42 Å². The van der Waals surface area contributed by atoms with Crippen LogP contribution in [0.4, 0.5) is 0 Å². The molecule has 0 aliphatic carbocycles. The average molecular weight is 287 g/mol. The molecule has 2 aromatic rings. The number of hydrogen-bond acceptors (Lipinski definition) is 4. The normalized spacial score (nSPS) is 14.1. The lowest BCUT2D eigenvalue weighted by molar-refractivity contribution is 0.469. The van der Waals surface area contributed by atoms with Crippen molar-refractivity contribution >= 4 is 0 Å². The minimum absolute atomic E-state index is 0.208. The number of hydrogen-bond donors (Lipinski definition) is 1. The molecule has 0 radical (unpaired) electrons. The van der Waals surface area contributed by atoms with E-state index in [-0.39, 0.29) is 6.04 Å². The zero-order valence-corrected chi connectivity index (χ0v) is 13.6. The number of rotatable bonds is 6. The molecule has 0 fully saturated rings. The maximum absolute atomic E-state index is 4.69. The van der Waals surface area contributed by atoms with Crippen LogP contribution in [0.3, 0.4) is 0 Å². The molecule has 0 aliphatic heterocycles. The highest BCUT2D eigenvalue weighted by Gasteiger charge is 2.16. The summed E-state index contributed by atoms with van der Waals surface area (Å²) in [5.74, 6) is 0. The second-order valence-electron chi connectivity index (χ2n) is 5.62. The van der Waals surface area contributed by atoms with E-state index in [4.69, 9.17) is 0 Å². The molecule has 2 heterocycles. The maximum atomic E-state index is 4.69. The van der Waals surface area contributed by atoms with Gasteiger partial charge in [-0.05, 0) is 51.9 Å². The summed E-state index contributed by atoms with van der Waals surface area (Å²) in [4.78, 5) is 0. The number of aromatic nitrogens is 4. The van der Waals surface area contributed by atoms with Gasteiger partial charge >= 0.3 is 0 Å². The van der Waals surface area contributed by atoms with Crippen molar-refractivity contribution in [3.63, 3.8) is 0 Å². The molecule has 5 heteroatoms. The molecule has 0 spiro atoms. The molecule has 0 amide bonds. The molecule has 21 heavy (non-hydrogen) atoms. The Labute approximate surface area is 126 Å². The molecule has 1 N–H and O–H groups in total. The number of nitrogens with zero attached hydrogens (tertiary/aromatic N) is 4. The Morgan fingerprint density at radius 2 is 2.05 bits per heavy atom. The molecule has 114 valence electrons. The summed E-state index contributed by atoms with van der Waals surface area (Å²) in [5.41, 5.74) is 4.22. The van der Waals surface area contributed by atoms with Crippen LogP contribution in [0.2, 0.25) is 0 Å². The molecular formula is C16H25N5. The van der Waals surface area contributed by atoms with Gasteiger partial charge in [0.1, 0.15) is 0 Å². The number of likely N-dealkylation sites (N-methyl/N-ethyl adjacent to an activating group) is 1. The SMILES string of the molecule is CCC(C)n1ccc(CC(NC)c2cc(C)nnc2C)n1. The van der Waals surface area contributed by atoms with E-state index in [9.17, 15) is 0 Å². The lowest BCUT2D eigenvalue weighted by Crippen LogP contribution is -2.21. The third-order valence-corrected chi connectivity index (χ3v) is 3.98. The van der Waals surface area contributed by atoms with Crippen molar-refractivity contribution in [3.05, 3.63) is 41.0 Å². The van der Waals surface area contributed by atoms with Gasteiger partial charge in [-0.1, -0.05) is 6.92 Å². The van der Waals surface area contributed by atoms with Crippen LogP contribution < -0.4 is 5.32 Å². The highest BCUT2D eigenvalue weighted by Crippen LogP contribution is 2.20. The Balaban J connectivity index is 2.19. The van der Waals surface area contributed by atoms with E-state index in [0.717, 1.165) is 29.9 Å². The van der Waals surface area contributed by atoms with E-state index in [1.54, 1.807) is 0 Å². The molecule has 0 saturated carbocycles. The number of aryl methyl sites for hydroxylation is 2. The Morgan fingerprint density at radius 1 is 1.29 bits per heavy atom. The standard InChI is InChI=1S/C16H25N5/c1-6-12(3)21-8-7-14(20-21)10-16(17-5)15-9-11(2)18-19-13(15)4/h7-9,12,16-17H,6,10H2,1-5H3. The Bertz CT molecular complexity index is 590.